The quantitative estimate of drug-likeness (QED) is 0.749. The molecule has 3 rings (SSSR count). The number of ether oxygens (including phenoxy) is 1. The van der Waals surface area contributed by atoms with Gasteiger partial charge in [0.05, 0.1) is 12.6 Å². The molecule has 4 nitrogen and oxygen atoms in total. The molecular formula is C17H18N2O2. The number of carbonyl (C=O) groups is 1. The van der Waals surface area contributed by atoms with Crippen molar-refractivity contribution in [2.75, 3.05) is 12.4 Å². The molecule has 0 unspecified atom stereocenters. The number of hydrogen-bond donors (Lipinski definition) is 2. The van der Waals surface area contributed by atoms with E-state index in [1.54, 1.807) is 7.11 Å². The maximum Gasteiger partial charge on any atom is 0.221 e. The van der Waals surface area contributed by atoms with Crippen LogP contribution in [0.5, 0.6) is 5.75 Å². The molecule has 1 amide bonds. The van der Waals surface area contributed by atoms with Gasteiger partial charge < -0.3 is 15.0 Å². The van der Waals surface area contributed by atoms with E-state index in [0.717, 1.165) is 39.0 Å². The molecule has 0 aliphatic rings. The predicted molar refractivity (Wildman–Crippen MR) is 86.1 cm³/mol. The first-order valence-electron chi connectivity index (χ1n) is 6.88. The van der Waals surface area contributed by atoms with Crippen LogP contribution in [0.15, 0.2) is 24.3 Å². The largest absolute Gasteiger partial charge is 0.497 e. The second-order valence-corrected chi connectivity index (χ2v) is 5.33. The summed E-state index contributed by atoms with van der Waals surface area (Å²) in [6.07, 6.45) is 0. The number of benzene rings is 2. The van der Waals surface area contributed by atoms with Crippen molar-refractivity contribution in [1.29, 1.82) is 0 Å². The highest BCUT2D eigenvalue weighted by molar-refractivity contribution is 6.12. The molecule has 0 aliphatic heterocycles. The van der Waals surface area contributed by atoms with Crippen molar-refractivity contribution in [2.45, 2.75) is 20.8 Å². The van der Waals surface area contributed by atoms with Gasteiger partial charge >= 0.3 is 0 Å². The topological polar surface area (TPSA) is 54.1 Å². The second kappa shape index (κ2) is 4.81. The molecule has 2 N–H and O–H groups in total. The molecule has 0 saturated heterocycles. The Bertz CT molecular complexity index is 862. The Morgan fingerprint density at radius 3 is 2.67 bits per heavy atom. The van der Waals surface area contributed by atoms with Gasteiger partial charge in [-0.25, -0.2) is 0 Å². The van der Waals surface area contributed by atoms with Crippen LogP contribution < -0.4 is 10.1 Å². The number of aromatic nitrogens is 1. The third-order valence-electron chi connectivity index (χ3n) is 3.85. The highest BCUT2D eigenvalue weighted by Gasteiger charge is 2.13. The van der Waals surface area contributed by atoms with Crippen LogP contribution in [-0.2, 0) is 4.79 Å². The standard InChI is InChI=1S/C17H18N2O2/c1-9-7-15(18-11(3)20)10(2)17-16(9)13-8-12(21-4)5-6-14(13)19-17/h5-8,19H,1-4H3,(H,18,20). The van der Waals surface area contributed by atoms with Gasteiger partial charge in [-0.15, -0.1) is 0 Å². The number of amides is 1. The Balaban J connectivity index is 2.36. The number of carbonyl (C=O) groups excluding carboxylic acids is 1. The molecule has 21 heavy (non-hydrogen) atoms. The van der Waals surface area contributed by atoms with Gasteiger partial charge in [-0.3, -0.25) is 4.79 Å². The van der Waals surface area contributed by atoms with Gasteiger partial charge in [-0.05, 0) is 49.2 Å². The minimum atomic E-state index is -0.0605. The SMILES string of the molecule is COc1ccc2[nH]c3c(C)c(NC(C)=O)cc(C)c3c2c1. The summed E-state index contributed by atoms with van der Waals surface area (Å²) in [6, 6.07) is 8.02. The fraction of sp³-hybridized carbons (Fsp3) is 0.235. The molecule has 1 heterocycles. The summed E-state index contributed by atoms with van der Waals surface area (Å²) in [5, 5.41) is 5.20. The van der Waals surface area contributed by atoms with Gasteiger partial charge in [0.2, 0.25) is 5.91 Å². The lowest BCUT2D eigenvalue weighted by molar-refractivity contribution is -0.114. The van der Waals surface area contributed by atoms with Crippen LogP contribution in [0, 0.1) is 13.8 Å². The van der Waals surface area contributed by atoms with Crippen LogP contribution in [0.2, 0.25) is 0 Å². The zero-order valence-electron chi connectivity index (χ0n) is 12.6. The second-order valence-electron chi connectivity index (χ2n) is 5.33. The number of nitrogens with one attached hydrogen (secondary N) is 2. The van der Waals surface area contributed by atoms with Crippen molar-refractivity contribution in [3.8, 4) is 5.75 Å². The summed E-state index contributed by atoms with van der Waals surface area (Å²) in [7, 11) is 1.67. The molecule has 4 heteroatoms. The number of methoxy groups -OCH3 is 1. The van der Waals surface area contributed by atoms with Crippen LogP contribution >= 0.6 is 0 Å². The van der Waals surface area contributed by atoms with Gasteiger partial charge in [0.25, 0.3) is 0 Å². The summed E-state index contributed by atoms with van der Waals surface area (Å²) < 4.78 is 5.32. The fourth-order valence-corrected chi connectivity index (χ4v) is 2.84. The van der Waals surface area contributed by atoms with Crippen LogP contribution in [0.4, 0.5) is 5.69 Å². The summed E-state index contributed by atoms with van der Waals surface area (Å²) in [5.74, 6) is 0.779. The fourth-order valence-electron chi connectivity index (χ4n) is 2.84. The van der Waals surface area contributed by atoms with E-state index in [9.17, 15) is 4.79 Å². The first-order chi connectivity index (χ1) is 10.0. The van der Waals surface area contributed by atoms with E-state index in [4.69, 9.17) is 4.74 Å². The zero-order valence-corrected chi connectivity index (χ0v) is 12.6. The molecule has 0 bridgehead atoms. The van der Waals surface area contributed by atoms with Gasteiger partial charge in [0.15, 0.2) is 0 Å². The molecule has 0 spiro atoms. The van der Waals surface area contributed by atoms with Gasteiger partial charge in [0.1, 0.15) is 5.75 Å². The van der Waals surface area contributed by atoms with E-state index >= 15 is 0 Å². The Morgan fingerprint density at radius 2 is 2.00 bits per heavy atom. The molecule has 1 aromatic heterocycles. The van der Waals surface area contributed by atoms with E-state index in [0.29, 0.717) is 0 Å². The van der Waals surface area contributed by atoms with Crippen LogP contribution in [-0.4, -0.2) is 18.0 Å². The number of rotatable bonds is 2. The molecule has 0 saturated carbocycles. The molecule has 0 atom stereocenters. The lowest BCUT2D eigenvalue weighted by Crippen LogP contribution is -2.07. The average Bonchev–Trinajstić information content (AvgIpc) is 2.82. The zero-order chi connectivity index (χ0) is 15.1. The Labute approximate surface area is 123 Å². The summed E-state index contributed by atoms with van der Waals surface area (Å²) in [6.45, 7) is 5.59. The monoisotopic (exact) mass is 282 g/mol. The van der Waals surface area contributed by atoms with Crippen molar-refractivity contribution in [3.63, 3.8) is 0 Å². The normalized spacial score (nSPS) is 11.0. The van der Waals surface area contributed by atoms with E-state index in [-0.39, 0.29) is 5.91 Å². The van der Waals surface area contributed by atoms with Crippen molar-refractivity contribution in [2.24, 2.45) is 0 Å². The van der Waals surface area contributed by atoms with Crippen LogP contribution in [0.1, 0.15) is 18.1 Å². The average molecular weight is 282 g/mol. The van der Waals surface area contributed by atoms with Crippen molar-refractivity contribution >= 4 is 33.4 Å². The third-order valence-corrected chi connectivity index (χ3v) is 3.85. The molecule has 108 valence electrons. The molecule has 2 aromatic carbocycles. The highest BCUT2D eigenvalue weighted by atomic mass is 16.5. The number of hydrogen-bond acceptors (Lipinski definition) is 2. The minimum Gasteiger partial charge on any atom is -0.497 e. The highest BCUT2D eigenvalue weighted by Crippen LogP contribution is 2.35. The number of H-pyrrole nitrogens is 1. The first kappa shape index (κ1) is 13.5. The van der Waals surface area contributed by atoms with Crippen molar-refractivity contribution in [1.82, 2.24) is 4.98 Å². The Morgan fingerprint density at radius 1 is 1.24 bits per heavy atom. The Kier molecular flexibility index (Phi) is 3.09. The minimum absolute atomic E-state index is 0.0605. The molecule has 0 fully saturated rings. The van der Waals surface area contributed by atoms with Crippen LogP contribution in [0.3, 0.4) is 0 Å². The summed E-state index contributed by atoms with van der Waals surface area (Å²) in [4.78, 5) is 14.8. The first-order valence-corrected chi connectivity index (χ1v) is 6.88. The van der Waals surface area contributed by atoms with E-state index < -0.39 is 0 Å². The number of aromatic amines is 1. The number of anilines is 1. The van der Waals surface area contributed by atoms with Gasteiger partial charge in [-0.2, -0.15) is 0 Å². The Hall–Kier alpha value is -2.49. The van der Waals surface area contributed by atoms with Crippen LogP contribution in [0.25, 0.3) is 21.8 Å². The summed E-state index contributed by atoms with van der Waals surface area (Å²) >= 11 is 0. The smallest absolute Gasteiger partial charge is 0.221 e. The molecule has 3 aromatic rings. The molecule has 0 aliphatic carbocycles. The molecule has 0 radical (unpaired) electrons. The van der Waals surface area contributed by atoms with E-state index in [1.165, 1.54) is 12.3 Å². The van der Waals surface area contributed by atoms with E-state index in [2.05, 4.69) is 17.2 Å². The number of aryl methyl sites for hydroxylation is 2. The third kappa shape index (κ3) is 2.13. The maximum atomic E-state index is 11.3. The van der Waals surface area contributed by atoms with E-state index in [1.807, 2.05) is 31.2 Å². The lowest BCUT2D eigenvalue weighted by atomic mass is 10.0. The van der Waals surface area contributed by atoms with Gasteiger partial charge in [0, 0.05) is 28.9 Å². The van der Waals surface area contributed by atoms with Gasteiger partial charge in [-0.1, -0.05) is 0 Å². The van der Waals surface area contributed by atoms with Crippen molar-refractivity contribution < 1.29 is 9.53 Å². The lowest BCUT2D eigenvalue weighted by Gasteiger charge is -2.10. The summed E-state index contributed by atoms with van der Waals surface area (Å²) in [5.41, 5.74) is 5.14. The van der Waals surface area contributed by atoms with Crippen molar-refractivity contribution in [3.05, 3.63) is 35.4 Å². The number of fused-ring (bicyclic) bond motifs is 3. The predicted octanol–water partition coefficient (Wildman–Crippen LogP) is 3.90. The maximum absolute atomic E-state index is 11.3. The molecular weight excluding hydrogens is 264 g/mol.